The lowest BCUT2D eigenvalue weighted by molar-refractivity contribution is 0.215. The molecule has 0 saturated carbocycles. The molecule has 0 aromatic heterocycles. The number of nitrogens with zero attached hydrogens (tertiary/aromatic N) is 1. The fourth-order valence-electron chi connectivity index (χ4n) is 3.62. The maximum absolute atomic E-state index is 9.93. The van der Waals surface area contributed by atoms with Crippen LogP contribution in [0.4, 0.5) is 0 Å². The number of likely N-dealkylation sites (tertiary alicyclic amines) is 1. The largest absolute Gasteiger partial charge is 0.508 e. The fraction of sp³-hybridized carbons (Fsp3) is 0.600. The molecule has 1 saturated heterocycles. The third-order valence-electron chi connectivity index (χ3n) is 4.45. The molecule has 1 aliphatic carbocycles. The van der Waals surface area contributed by atoms with Crippen LogP contribution in [-0.2, 0) is 12.8 Å². The first-order valence-electron chi connectivity index (χ1n) is 6.83. The second kappa shape index (κ2) is 4.34. The van der Waals surface area contributed by atoms with Gasteiger partial charge in [0, 0.05) is 6.04 Å². The normalized spacial score (nSPS) is 27.8. The van der Waals surface area contributed by atoms with E-state index in [4.69, 9.17) is 0 Å². The molecule has 2 nitrogen and oxygen atoms in total. The van der Waals surface area contributed by atoms with E-state index in [0.29, 0.717) is 5.75 Å². The van der Waals surface area contributed by atoms with Crippen molar-refractivity contribution in [2.75, 3.05) is 13.1 Å². The van der Waals surface area contributed by atoms with E-state index < -0.39 is 0 Å². The van der Waals surface area contributed by atoms with Gasteiger partial charge in [-0.25, -0.2) is 0 Å². The standard InChI is InChI=1S/C15H21NO/c1-2-7-16-8-6-12-9-13-11(10-14(12)16)4-3-5-15(13)17/h3-5,12,14,17H,2,6-10H2,1H3/t12-,14+/m0/s1. The van der Waals surface area contributed by atoms with E-state index in [0.717, 1.165) is 24.8 Å². The van der Waals surface area contributed by atoms with Gasteiger partial charge in [0.05, 0.1) is 0 Å². The van der Waals surface area contributed by atoms with E-state index >= 15 is 0 Å². The number of fused-ring (bicyclic) bond motifs is 2. The highest BCUT2D eigenvalue weighted by Gasteiger charge is 2.37. The van der Waals surface area contributed by atoms with Crippen LogP contribution >= 0.6 is 0 Å². The number of phenolic OH excluding ortho intramolecular Hbond substituents is 1. The summed E-state index contributed by atoms with van der Waals surface area (Å²) in [6.07, 6.45) is 4.76. The summed E-state index contributed by atoms with van der Waals surface area (Å²) in [4.78, 5) is 2.65. The van der Waals surface area contributed by atoms with Crippen molar-refractivity contribution in [3.05, 3.63) is 29.3 Å². The topological polar surface area (TPSA) is 23.5 Å². The Labute approximate surface area is 103 Å². The van der Waals surface area contributed by atoms with Crippen molar-refractivity contribution in [1.29, 1.82) is 0 Å². The molecule has 1 N–H and O–H groups in total. The molecule has 3 rings (SSSR count). The average molecular weight is 231 g/mol. The van der Waals surface area contributed by atoms with Crippen LogP contribution in [0.5, 0.6) is 5.75 Å². The first-order chi connectivity index (χ1) is 8.29. The molecule has 1 aliphatic heterocycles. The van der Waals surface area contributed by atoms with Gasteiger partial charge < -0.3 is 5.11 Å². The van der Waals surface area contributed by atoms with Crippen LogP contribution in [0.25, 0.3) is 0 Å². The Morgan fingerprint density at radius 1 is 1.35 bits per heavy atom. The van der Waals surface area contributed by atoms with Gasteiger partial charge in [-0.05, 0) is 61.9 Å². The fourth-order valence-corrected chi connectivity index (χ4v) is 3.62. The lowest BCUT2D eigenvalue weighted by Gasteiger charge is -2.33. The van der Waals surface area contributed by atoms with E-state index in [1.165, 1.54) is 37.1 Å². The molecule has 1 aromatic carbocycles. The Morgan fingerprint density at radius 2 is 2.24 bits per heavy atom. The van der Waals surface area contributed by atoms with Crippen molar-refractivity contribution in [1.82, 2.24) is 4.90 Å². The van der Waals surface area contributed by atoms with Gasteiger partial charge in [-0.15, -0.1) is 0 Å². The predicted octanol–water partition coefficient (Wildman–Crippen LogP) is 2.59. The Kier molecular flexibility index (Phi) is 2.83. The van der Waals surface area contributed by atoms with E-state index in [2.05, 4.69) is 17.9 Å². The maximum atomic E-state index is 9.93. The van der Waals surface area contributed by atoms with Gasteiger partial charge in [0.1, 0.15) is 5.75 Å². The molecule has 0 amide bonds. The highest BCUT2D eigenvalue weighted by atomic mass is 16.3. The van der Waals surface area contributed by atoms with Crippen molar-refractivity contribution in [3.63, 3.8) is 0 Å². The summed E-state index contributed by atoms with van der Waals surface area (Å²) in [6, 6.07) is 6.73. The van der Waals surface area contributed by atoms with Crippen LogP contribution in [0, 0.1) is 5.92 Å². The van der Waals surface area contributed by atoms with Crippen molar-refractivity contribution < 1.29 is 5.11 Å². The summed E-state index contributed by atoms with van der Waals surface area (Å²) in [5, 5.41) is 9.93. The Balaban J connectivity index is 1.87. The summed E-state index contributed by atoms with van der Waals surface area (Å²) in [6.45, 7) is 4.74. The monoisotopic (exact) mass is 231 g/mol. The van der Waals surface area contributed by atoms with Gasteiger partial charge in [-0.1, -0.05) is 19.1 Å². The maximum Gasteiger partial charge on any atom is 0.119 e. The van der Waals surface area contributed by atoms with Crippen LogP contribution in [0.2, 0.25) is 0 Å². The Bertz CT molecular complexity index is 415. The second-order valence-corrected chi connectivity index (χ2v) is 5.48. The minimum atomic E-state index is 0.509. The number of benzene rings is 1. The van der Waals surface area contributed by atoms with Gasteiger partial charge in [-0.3, -0.25) is 4.90 Å². The minimum absolute atomic E-state index is 0.509. The zero-order valence-electron chi connectivity index (χ0n) is 10.5. The van der Waals surface area contributed by atoms with Crippen molar-refractivity contribution in [2.24, 2.45) is 5.92 Å². The predicted molar refractivity (Wildman–Crippen MR) is 69.3 cm³/mol. The van der Waals surface area contributed by atoms with Gasteiger partial charge in [0.2, 0.25) is 0 Å². The number of aromatic hydroxyl groups is 1. The van der Waals surface area contributed by atoms with Gasteiger partial charge in [0.25, 0.3) is 0 Å². The zero-order chi connectivity index (χ0) is 11.8. The molecule has 1 aromatic rings. The van der Waals surface area contributed by atoms with E-state index in [1.54, 1.807) is 0 Å². The number of hydrogen-bond donors (Lipinski definition) is 1. The molecule has 0 spiro atoms. The Morgan fingerprint density at radius 3 is 3.06 bits per heavy atom. The van der Waals surface area contributed by atoms with Crippen LogP contribution in [0.3, 0.4) is 0 Å². The van der Waals surface area contributed by atoms with E-state index in [9.17, 15) is 5.11 Å². The van der Waals surface area contributed by atoms with Crippen LogP contribution < -0.4 is 0 Å². The second-order valence-electron chi connectivity index (χ2n) is 5.48. The molecule has 1 heterocycles. The molecule has 0 bridgehead atoms. The minimum Gasteiger partial charge on any atom is -0.508 e. The molecule has 92 valence electrons. The van der Waals surface area contributed by atoms with Gasteiger partial charge >= 0.3 is 0 Å². The molecule has 0 radical (unpaired) electrons. The van der Waals surface area contributed by atoms with Crippen molar-refractivity contribution in [2.45, 2.75) is 38.6 Å². The molecular weight excluding hydrogens is 210 g/mol. The van der Waals surface area contributed by atoms with Crippen LogP contribution in [-0.4, -0.2) is 29.1 Å². The number of phenols is 1. The lowest BCUT2D eigenvalue weighted by Crippen LogP contribution is -2.38. The summed E-state index contributed by atoms with van der Waals surface area (Å²) < 4.78 is 0. The van der Waals surface area contributed by atoms with Crippen molar-refractivity contribution in [3.8, 4) is 5.75 Å². The third-order valence-corrected chi connectivity index (χ3v) is 4.45. The molecule has 17 heavy (non-hydrogen) atoms. The highest BCUT2D eigenvalue weighted by Crippen LogP contribution is 2.38. The first kappa shape index (κ1) is 11.1. The van der Waals surface area contributed by atoms with Crippen LogP contribution in [0.1, 0.15) is 30.9 Å². The molecule has 2 atom stereocenters. The molecule has 1 fully saturated rings. The van der Waals surface area contributed by atoms with E-state index in [-0.39, 0.29) is 0 Å². The number of hydrogen-bond acceptors (Lipinski definition) is 2. The smallest absolute Gasteiger partial charge is 0.119 e. The van der Waals surface area contributed by atoms with Gasteiger partial charge in [-0.2, -0.15) is 0 Å². The van der Waals surface area contributed by atoms with Crippen molar-refractivity contribution >= 4 is 0 Å². The third kappa shape index (κ3) is 1.85. The van der Waals surface area contributed by atoms with E-state index in [1.807, 2.05) is 12.1 Å². The lowest BCUT2D eigenvalue weighted by atomic mass is 9.80. The molecule has 2 aliphatic rings. The summed E-state index contributed by atoms with van der Waals surface area (Å²) in [5.74, 6) is 1.28. The summed E-state index contributed by atoms with van der Waals surface area (Å²) in [7, 11) is 0. The first-order valence-corrected chi connectivity index (χ1v) is 6.83. The summed E-state index contributed by atoms with van der Waals surface area (Å²) in [5.41, 5.74) is 2.58. The molecular formula is C15H21NO. The molecule has 0 unspecified atom stereocenters. The SMILES string of the molecule is CCCN1CC[C@H]2Cc3c(O)cccc3C[C@H]21. The molecule has 2 heteroatoms. The Hall–Kier alpha value is -1.02. The van der Waals surface area contributed by atoms with Crippen LogP contribution in [0.15, 0.2) is 18.2 Å². The summed E-state index contributed by atoms with van der Waals surface area (Å²) >= 11 is 0. The average Bonchev–Trinajstić information content (AvgIpc) is 2.71. The zero-order valence-corrected chi connectivity index (χ0v) is 10.5. The van der Waals surface area contributed by atoms with Gasteiger partial charge in [0.15, 0.2) is 0 Å². The quantitative estimate of drug-likeness (QED) is 0.845. The highest BCUT2D eigenvalue weighted by molar-refractivity contribution is 5.42. The number of rotatable bonds is 2.